The minimum Gasteiger partial charge on any atom is -1.00 e. The fourth-order valence-electron chi connectivity index (χ4n) is 3.49. The number of aromatic nitrogens is 1. The molecule has 0 radical (unpaired) electrons. The number of nitrogens with one attached hydrogen (secondary N) is 1. The first-order valence-electron chi connectivity index (χ1n) is 10.5. The number of carbonyl (C=O) groups is 2. The Morgan fingerprint density at radius 1 is 0.882 bits per heavy atom. The molecule has 0 bridgehead atoms. The van der Waals surface area contributed by atoms with Gasteiger partial charge in [0.1, 0.15) is 5.75 Å². The van der Waals surface area contributed by atoms with Crippen molar-refractivity contribution in [3.05, 3.63) is 102 Å². The molecule has 0 fully saturated rings. The van der Waals surface area contributed by atoms with Crippen LogP contribution in [0.5, 0.6) is 5.75 Å². The maximum Gasteiger partial charge on any atom is 1.00 e. The molecule has 0 saturated carbocycles. The molecular weight excluding hydrogens is 439 g/mol. The van der Waals surface area contributed by atoms with Gasteiger partial charge in [-0.1, -0.05) is 48.5 Å². The largest absolute Gasteiger partial charge is 1.00 e. The molecule has 166 valence electrons. The number of carboxylic acid groups (broad SMARTS) is 1. The maximum absolute atomic E-state index is 13.0. The van der Waals surface area contributed by atoms with E-state index in [9.17, 15) is 14.7 Å². The van der Waals surface area contributed by atoms with Gasteiger partial charge in [0, 0.05) is 18.0 Å². The van der Waals surface area contributed by atoms with Crippen LogP contribution in [0.15, 0.2) is 91.3 Å². The summed E-state index contributed by atoms with van der Waals surface area (Å²) in [6, 6.07) is 23.7. The fraction of sp³-hybridized carbons (Fsp3) is 0.0741. The Hall–Kier alpha value is -3.45. The summed E-state index contributed by atoms with van der Waals surface area (Å²) >= 11 is 0. The second-order valence-corrected chi connectivity index (χ2v) is 7.31. The molecule has 1 amide bonds. The van der Waals surface area contributed by atoms with Crippen LogP contribution in [0.25, 0.3) is 22.3 Å². The number of hydrogen-bond acceptors (Lipinski definition) is 4. The Labute approximate surface area is 221 Å². The van der Waals surface area contributed by atoms with Gasteiger partial charge in [0.25, 0.3) is 5.91 Å². The van der Waals surface area contributed by atoms with Crippen molar-refractivity contribution in [1.29, 1.82) is 0 Å². The minimum atomic E-state index is -1.13. The van der Waals surface area contributed by atoms with Crippen LogP contribution in [0.4, 0.5) is 5.69 Å². The van der Waals surface area contributed by atoms with Gasteiger partial charge in [-0.15, -0.1) is 0 Å². The minimum absolute atomic E-state index is 0. The Bertz CT molecular complexity index is 1320. The van der Waals surface area contributed by atoms with Crippen LogP contribution < -0.4 is 39.6 Å². The Morgan fingerprint density at radius 3 is 2.35 bits per heavy atom. The van der Waals surface area contributed by atoms with Gasteiger partial charge < -0.3 is 16.6 Å². The number of hydrogen-bond donors (Lipinski definition) is 2. The number of carbonyl (C=O) groups excluding carboxylic acids is 1. The fourth-order valence-corrected chi connectivity index (χ4v) is 3.49. The molecule has 2 N–H and O–H groups in total. The number of benzene rings is 3. The van der Waals surface area contributed by atoms with E-state index in [4.69, 9.17) is 4.74 Å². The van der Waals surface area contributed by atoms with E-state index in [1.165, 1.54) is 12.3 Å². The molecule has 3 aromatic carbocycles. The number of anilines is 1. The monoisotopic (exact) mass is 462 g/mol. The van der Waals surface area contributed by atoms with E-state index < -0.39 is 11.9 Å². The molecular formula is C27H23N2NaO4. The number of nitrogens with zero attached hydrogens (tertiary/aromatic N) is 1. The summed E-state index contributed by atoms with van der Waals surface area (Å²) in [5, 5.41) is 12.4. The van der Waals surface area contributed by atoms with Crippen molar-refractivity contribution in [3.8, 4) is 28.0 Å². The molecule has 4 rings (SSSR count). The molecule has 6 nitrogen and oxygen atoms in total. The first-order chi connectivity index (χ1) is 16.0. The molecule has 4 aromatic rings. The second-order valence-electron chi connectivity index (χ2n) is 7.31. The molecule has 0 aliphatic rings. The standard InChI is InChI=1S/C27H22N2O4.Na.H/c1-2-33-23-10-6-9-19(14-23)20-11-12-24(27(31)32)25(15-20)29-26(30)22-13-21(16-28-17-22)18-7-4-3-5-8-18;;/h3-17H,2H2,1H3,(H,29,30)(H,31,32);;/q;+1;-1. The van der Waals surface area contributed by atoms with Crippen LogP contribution >= 0.6 is 0 Å². The van der Waals surface area contributed by atoms with Crippen molar-refractivity contribution in [2.45, 2.75) is 6.92 Å². The van der Waals surface area contributed by atoms with Gasteiger partial charge in [0.05, 0.1) is 23.4 Å². The SMILES string of the molecule is CCOc1cccc(-c2ccc(C(=O)O)c(NC(=O)c3cncc(-c4ccccc4)c3)c2)c1.[H-].[Na+]. The number of carboxylic acids is 1. The van der Waals surface area contributed by atoms with Crippen molar-refractivity contribution in [2.75, 3.05) is 11.9 Å². The molecule has 7 heteroatoms. The summed E-state index contributed by atoms with van der Waals surface area (Å²) < 4.78 is 5.56. The molecule has 0 aliphatic heterocycles. The van der Waals surface area contributed by atoms with Gasteiger partial charge in [-0.2, -0.15) is 0 Å². The molecule has 34 heavy (non-hydrogen) atoms. The van der Waals surface area contributed by atoms with E-state index in [-0.39, 0.29) is 42.2 Å². The summed E-state index contributed by atoms with van der Waals surface area (Å²) in [7, 11) is 0. The third kappa shape index (κ3) is 5.91. The molecule has 0 spiro atoms. The van der Waals surface area contributed by atoms with Crippen molar-refractivity contribution in [3.63, 3.8) is 0 Å². The van der Waals surface area contributed by atoms with Crippen LogP contribution in [0.1, 0.15) is 29.1 Å². The number of pyridine rings is 1. The van der Waals surface area contributed by atoms with Gasteiger partial charge in [-0.25, -0.2) is 4.79 Å². The van der Waals surface area contributed by atoms with E-state index in [1.54, 1.807) is 24.4 Å². The van der Waals surface area contributed by atoms with Crippen molar-refractivity contribution >= 4 is 17.6 Å². The normalized spacial score (nSPS) is 10.1. The molecule has 1 aromatic heterocycles. The zero-order valence-electron chi connectivity index (χ0n) is 20.0. The van der Waals surface area contributed by atoms with Crippen LogP contribution in [0.3, 0.4) is 0 Å². The van der Waals surface area contributed by atoms with Gasteiger partial charge in [0.2, 0.25) is 0 Å². The number of ether oxygens (including phenoxy) is 1. The molecule has 1 heterocycles. The van der Waals surface area contributed by atoms with Crippen LogP contribution in [0, 0.1) is 0 Å². The maximum atomic E-state index is 13.0. The summed E-state index contributed by atoms with van der Waals surface area (Å²) in [6.45, 7) is 2.45. The third-order valence-electron chi connectivity index (χ3n) is 5.08. The summed E-state index contributed by atoms with van der Waals surface area (Å²) in [5.41, 5.74) is 3.87. The van der Waals surface area contributed by atoms with E-state index in [0.717, 1.165) is 22.3 Å². The number of rotatable bonds is 7. The molecule has 0 atom stereocenters. The first-order valence-corrected chi connectivity index (χ1v) is 10.5. The smallest absolute Gasteiger partial charge is 1.00 e. The van der Waals surface area contributed by atoms with E-state index in [2.05, 4.69) is 10.3 Å². The summed E-state index contributed by atoms with van der Waals surface area (Å²) in [5.74, 6) is -0.856. The van der Waals surface area contributed by atoms with E-state index in [0.29, 0.717) is 17.9 Å². The summed E-state index contributed by atoms with van der Waals surface area (Å²) in [6.07, 6.45) is 3.14. The molecule has 0 saturated heterocycles. The van der Waals surface area contributed by atoms with Gasteiger partial charge in [0.15, 0.2) is 0 Å². The average Bonchev–Trinajstić information content (AvgIpc) is 2.85. The van der Waals surface area contributed by atoms with Crippen molar-refractivity contribution in [1.82, 2.24) is 4.98 Å². The van der Waals surface area contributed by atoms with Crippen LogP contribution in [0.2, 0.25) is 0 Å². The zero-order chi connectivity index (χ0) is 23.2. The second kappa shape index (κ2) is 11.6. The third-order valence-corrected chi connectivity index (χ3v) is 5.08. The van der Waals surface area contributed by atoms with Gasteiger partial charge in [-0.05, 0) is 53.9 Å². The predicted molar refractivity (Wildman–Crippen MR) is 129 cm³/mol. The zero-order valence-corrected chi connectivity index (χ0v) is 21.0. The summed E-state index contributed by atoms with van der Waals surface area (Å²) in [4.78, 5) is 29.0. The quantitative estimate of drug-likeness (QED) is 0.413. The topological polar surface area (TPSA) is 88.5 Å². The van der Waals surface area contributed by atoms with Crippen molar-refractivity contribution in [2.24, 2.45) is 0 Å². The molecule has 0 unspecified atom stereocenters. The number of amides is 1. The van der Waals surface area contributed by atoms with E-state index >= 15 is 0 Å². The number of aromatic carboxylic acids is 1. The van der Waals surface area contributed by atoms with Crippen molar-refractivity contribution < 1.29 is 50.4 Å². The van der Waals surface area contributed by atoms with Gasteiger partial charge in [-0.3, -0.25) is 9.78 Å². The first kappa shape index (κ1) is 25.2. The Balaban J connectivity index is 0.00000216. The average molecular weight is 462 g/mol. The molecule has 0 aliphatic carbocycles. The predicted octanol–water partition coefficient (Wildman–Crippen LogP) is 2.88. The Kier molecular flexibility index (Phi) is 8.60. The van der Waals surface area contributed by atoms with E-state index in [1.807, 2.05) is 61.5 Å². The Morgan fingerprint density at radius 2 is 1.62 bits per heavy atom. The van der Waals surface area contributed by atoms with Crippen LogP contribution in [-0.2, 0) is 0 Å². The van der Waals surface area contributed by atoms with Crippen LogP contribution in [-0.4, -0.2) is 28.6 Å². The van der Waals surface area contributed by atoms with Gasteiger partial charge >= 0.3 is 35.5 Å².